The minimum atomic E-state index is -0.669. The highest BCUT2D eigenvalue weighted by Gasteiger charge is 2.16. The van der Waals surface area contributed by atoms with Gasteiger partial charge >= 0.3 is 0 Å². The molecule has 3 nitrogen and oxygen atoms in total. The molecule has 1 heterocycles. The van der Waals surface area contributed by atoms with E-state index >= 15 is 0 Å². The van der Waals surface area contributed by atoms with Crippen molar-refractivity contribution < 1.29 is 9.84 Å². The van der Waals surface area contributed by atoms with Gasteiger partial charge in [-0.25, -0.2) is 4.98 Å². The van der Waals surface area contributed by atoms with Crippen LogP contribution in [0.3, 0.4) is 0 Å². The molecule has 0 saturated carbocycles. The summed E-state index contributed by atoms with van der Waals surface area (Å²) in [6.45, 7) is 0. The number of hydrogen-bond acceptors (Lipinski definition) is 4. The molecule has 108 valence electrons. The van der Waals surface area contributed by atoms with E-state index in [-0.39, 0.29) is 0 Å². The Morgan fingerprint density at radius 1 is 1.29 bits per heavy atom. The van der Waals surface area contributed by atoms with Crippen LogP contribution in [0, 0.1) is 0 Å². The number of para-hydroxylation sites is 1. The average molecular weight is 320 g/mol. The molecule has 0 aliphatic carbocycles. The van der Waals surface area contributed by atoms with Crippen LogP contribution in [0.15, 0.2) is 42.5 Å². The predicted octanol–water partition coefficient (Wildman–Crippen LogP) is 4.23. The first-order valence-electron chi connectivity index (χ1n) is 6.53. The fourth-order valence-corrected chi connectivity index (χ4v) is 3.41. The fraction of sp³-hybridized carbons (Fsp3) is 0.188. The van der Waals surface area contributed by atoms with Crippen LogP contribution in [0.25, 0.3) is 10.2 Å². The number of aliphatic hydroxyl groups excluding tert-OH is 1. The zero-order valence-corrected chi connectivity index (χ0v) is 13.0. The molecule has 0 spiro atoms. The van der Waals surface area contributed by atoms with Gasteiger partial charge in [-0.2, -0.15) is 0 Å². The summed E-state index contributed by atoms with van der Waals surface area (Å²) in [6.07, 6.45) is -0.213. The summed E-state index contributed by atoms with van der Waals surface area (Å²) in [6, 6.07) is 13.2. The highest BCUT2D eigenvalue weighted by atomic mass is 35.5. The Labute approximate surface area is 131 Å². The molecule has 1 N–H and O–H groups in total. The summed E-state index contributed by atoms with van der Waals surface area (Å²) in [5.41, 5.74) is 1.69. The van der Waals surface area contributed by atoms with Crippen molar-refractivity contribution in [2.24, 2.45) is 0 Å². The number of fused-ring (bicyclic) bond motifs is 1. The molecule has 1 unspecified atom stereocenters. The van der Waals surface area contributed by atoms with E-state index in [0.717, 1.165) is 20.8 Å². The Morgan fingerprint density at radius 2 is 2.10 bits per heavy atom. The van der Waals surface area contributed by atoms with E-state index in [1.54, 1.807) is 36.6 Å². The number of ether oxygens (including phenoxy) is 1. The maximum Gasteiger partial charge on any atom is 0.126 e. The standard InChI is InChI=1S/C16H14ClNO2S/c1-20-14-8-10(17)6-7-11(14)13(19)9-16-18-12-4-2-3-5-15(12)21-16/h2-8,13,19H,9H2,1H3. The molecule has 0 aliphatic heterocycles. The third kappa shape index (κ3) is 3.02. The topological polar surface area (TPSA) is 42.4 Å². The van der Waals surface area contributed by atoms with E-state index in [1.165, 1.54) is 0 Å². The van der Waals surface area contributed by atoms with Gasteiger partial charge in [0.25, 0.3) is 0 Å². The maximum atomic E-state index is 10.4. The second-order valence-corrected chi connectivity index (χ2v) is 6.23. The number of aromatic nitrogens is 1. The van der Waals surface area contributed by atoms with E-state index in [4.69, 9.17) is 16.3 Å². The van der Waals surface area contributed by atoms with Crippen LogP contribution in [-0.2, 0) is 6.42 Å². The van der Waals surface area contributed by atoms with E-state index in [2.05, 4.69) is 4.98 Å². The Morgan fingerprint density at radius 3 is 2.86 bits per heavy atom. The summed E-state index contributed by atoms with van der Waals surface area (Å²) in [4.78, 5) is 4.54. The second-order valence-electron chi connectivity index (χ2n) is 4.68. The van der Waals surface area contributed by atoms with Crippen molar-refractivity contribution in [2.75, 3.05) is 7.11 Å². The maximum absolute atomic E-state index is 10.4. The van der Waals surface area contributed by atoms with Crippen molar-refractivity contribution in [3.05, 3.63) is 58.1 Å². The van der Waals surface area contributed by atoms with Gasteiger partial charge in [-0.1, -0.05) is 29.8 Å². The molecule has 21 heavy (non-hydrogen) atoms. The number of halogens is 1. The lowest BCUT2D eigenvalue weighted by Gasteiger charge is -2.13. The highest BCUT2D eigenvalue weighted by Crippen LogP contribution is 2.32. The van der Waals surface area contributed by atoms with E-state index in [9.17, 15) is 5.11 Å². The summed E-state index contributed by atoms with van der Waals surface area (Å²) in [7, 11) is 1.57. The van der Waals surface area contributed by atoms with Gasteiger partial charge in [-0.3, -0.25) is 0 Å². The molecule has 2 aromatic carbocycles. The molecular formula is C16H14ClNO2S. The lowest BCUT2D eigenvalue weighted by molar-refractivity contribution is 0.174. The Balaban J connectivity index is 1.87. The van der Waals surface area contributed by atoms with Gasteiger partial charge in [0.15, 0.2) is 0 Å². The molecule has 1 aromatic heterocycles. The molecule has 1 atom stereocenters. The van der Waals surface area contributed by atoms with Crippen LogP contribution in [-0.4, -0.2) is 17.2 Å². The molecule has 0 aliphatic rings. The lowest BCUT2D eigenvalue weighted by Crippen LogP contribution is -2.04. The van der Waals surface area contributed by atoms with E-state index in [0.29, 0.717) is 17.2 Å². The number of thiazole rings is 1. The quantitative estimate of drug-likeness (QED) is 0.782. The highest BCUT2D eigenvalue weighted by molar-refractivity contribution is 7.18. The summed E-state index contributed by atoms with van der Waals surface area (Å²) >= 11 is 7.54. The first kappa shape index (κ1) is 14.3. The molecule has 3 aromatic rings. The number of hydrogen-bond donors (Lipinski definition) is 1. The second kappa shape index (κ2) is 6.02. The number of rotatable bonds is 4. The lowest BCUT2D eigenvalue weighted by atomic mass is 10.1. The van der Waals surface area contributed by atoms with Gasteiger partial charge < -0.3 is 9.84 Å². The Bertz CT molecular complexity index is 739. The molecule has 3 rings (SSSR count). The first-order chi connectivity index (χ1) is 10.2. The summed E-state index contributed by atoms with van der Waals surface area (Å²) in [5, 5.41) is 11.9. The van der Waals surface area contributed by atoms with Gasteiger partial charge in [0.05, 0.1) is 28.4 Å². The largest absolute Gasteiger partial charge is 0.496 e. The first-order valence-corrected chi connectivity index (χ1v) is 7.73. The summed E-state index contributed by atoms with van der Waals surface area (Å²) in [5.74, 6) is 0.594. The van der Waals surface area contributed by atoms with Crippen LogP contribution in [0.4, 0.5) is 0 Å². The van der Waals surface area contributed by atoms with Gasteiger partial charge in [0, 0.05) is 17.0 Å². The minimum Gasteiger partial charge on any atom is -0.496 e. The van der Waals surface area contributed by atoms with Crippen molar-refractivity contribution >= 4 is 33.2 Å². The van der Waals surface area contributed by atoms with Crippen molar-refractivity contribution in [1.82, 2.24) is 4.98 Å². The minimum absolute atomic E-state index is 0.456. The van der Waals surface area contributed by atoms with Crippen molar-refractivity contribution in [1.29, 1.82) is 0 Å². The van der Waals surface area contributed by atoms with Gasteiger partial charge in [0.2, 0.25) is 0 Å². The zero-order valence-electron chi connectivity index (χ0n) is 11.4. The third-order valence-electron chi connectivity index (χ3n) is 3.26. The van der Waals surface area contributed by atoms with Crippen LogP contribution in [0.1, 0.15) is 16.7 Å². The average Bonchev–Trinajstić information content (AvgIpc) is 2.88. The molecule has 0 radical (unpaired) electrons. The summed E-state index contributed by atoms with van der Waals surface area (Å²) < 4.78 is 6.41. The molecule has 0 amide bonds. The van der Waals surface area contributed by atoms with Crippen molar-refractivity contribution in [3.63, 3.8) is 0 Å². The van der Waals surface area contributed by atoms with Gasteiger partial charge in [0.1, 0.15) is 5.75 Å². The Hall–Kier alpha value is -1.62. The monoisotopic (exact) mass is 319 g/mol. The normalized spacial score (nSPS) is 12.5. The van der Waals surface area contributed by atoms with Crippen molar-refractivity contribution in [2.45, 2.75) is 12.5 Å². The number of methoxy groups -OCH3 is 1. The fourth-order valence-electron chi connectivity index (χ4n) is 2.24. The van der Waals surface area contributed by atoms with Crippen LogP contribution in [0.2, 0.25) is 5.02 Å². The van der Waals surface area contributed by atoms with E-state index in [1.807, 2.05) is 24.3 Å². The molecular weight excluding hydrogens is 306 g/mol. The van der Waals surface area contributed by atoms with E-state index < -0.39 is 6.10 Å². The van der Waals surface area contributed by atoms with Crippen LogP contribution < -0.4 is 4.74 Å². The van der Waals surface area contributed by atoms with Crippen LogP contribution >= 0.6 is 22.9 Å². The molecule has 5 heteroatoms. The van der Waals surface area contributed by atoms with Crippen LogP contribution in [0.5, 0.6) is 5.75 Å². The zero-order chi connectivity index (χ0) is 14.8. The molecule has 0 fully saturated rings. The number of aliphatic hydroxyl groups is 1. The van der Waals surface area contributed by atoms with Gasteiger partial charge in [-0.15, -0.1) is 11.3 Å². The van der Waals surface area contributed by atoms with Gasteiger partial charge in [-0.05, 0) is 24.3 Å². The SMILES string of the molecule is COc1cc(Cl)ccc1C(O)Cc1nc2ccccc2s1. The molecule has 0 bridgehead atoms. The number of benzene rings is 2. The Kier molecular flexibility index (Phi) is 4.10. The molecule has 0 saturated heterocycles. The predicted molar refractivity (Wildman–Crippen MR) is 86.3 cm³/mol. The van der Waals surface area contributed by atoms with Crippen molar-refractivity contribution in [3.8, 4) is 5.75 Å². The smallest absolute Gasteiger partial charge is 0.126 e. The third-order valence-corrected chi connectivity index (χ3v) is 4.55. The number of nitrogens with zero attached hydrogens (tertiary/aromatic N) is 1.